The molecule has 0 aromatic rings. The lowest BCUT2D eigenvalue weighted by Gasteiger charge is -2.46. The fraction of sp³-hybridized carbons (Fsp3) is 1.00. The van der Waals surface area contributed by atoms with E-state index in [2.05, 4.69) is 0 Å². The molecule has 2 saturated carbocycles. The highest BCUT2D eigenvalue weighted by Gasteiger charge is 2.65. The molecule has 1 N–H and O–H groups in total. The van der Waals surface area contributed by atoms with Gasteiger partial charge in [-0.1, -0.05) is 6.92 Å². The molecule has 1 spiro atoms. The molecule has 4 heteroatoms. The average Bonchev–Trinajstić information content (AvgIpc) is 2.80. The van der Waals surface area contributed by atoms with Crippen molar-refractivity contribution in [1.29, 1.82) is 0 Å². The summed E-state index contributed by atoms with van der Waals surface area (Å²) < 4.78 is 22.6. The maximum Gasteiger partial charge on any atom is 0.158 e. The van der Waals surface area contributed by atoms with Crippen LogP contribution in [0.5, 0.6) is 0 Å². The minimum atomic E-state index is -3.05. The Morgan fingerprint density at radius 2 is 1.85 bits per heavy atom. The lowest BCUT2D eigenvalue weighted by Crippen LogP contribution is -2.54. The molecule has 2 rings (SSSR count). The van der Waals surface area contributed by atoms with Gasteiger partial charge in [-0.25, -0.2) is 8.42 Å². The molecule has 0 saturated heterocycles. The van der Waals surface area contributed by atoms with Gasteiger partial charge in [0.2, 0.25) is 0 Å². The fourth-order valence-electron chi connectivity index (χ4n) is 2.58. The summed E-state index contributed by atoms with van der Waals surface area (Å²) in [6.07, 6.45) is 3.72. The topological polar surface area (TPSA) is 54.4 Å². The molecule has 2 aliphatic rings. The van der Waals surface area contributed by atoms with E-state index in [-0.39, 0.29) is 12.4 Å². The number of rotatable bonds is 3. The highest BCUT2D eigenvalue weighted by Crippen LogP contribution is 2.67. The van der Waals surface area contributed by atoms with Gasteiger partial charge in [0.25, 0.3) is 0 Å². The first-order valence-corrected chi connectivity index (χ1v) is 6.48. The Bertz CT molecular complexity index is 306. The molecule has 0 atom stereocenters. The van der Waals surface area contributed by atoms with Crippen molar-refractivity contribution in [3.8, 4) is 0 Å². The van der Waals surface area contributed by atoms with Gasteiger partial charge in [0.1, 0.15) is 0 Å². The van der Waals surface area contributed by atoms with Gasteiger partial charge in [-0.05, 0) is 31.1 Å². The van der Waals surface area contributed by atoms with Gasteiger partial charge in [-0.2, -0.15) is 0 Å². The Morgan fingerprint density at radius 1 is 1.31 bits per heavy atom. The van der Waals surface area contributed by atoms with Crippen molar-refractivity contribution in [1.82, 2.24) is 0 Å². The predicted molar refractivity (Wildman–Crippen MR) is 50.2 cm³/mol. The number of hydrogen-bond acceptors (Lipinski definition) is 3. The Kier molecular flexibility index (Phi) is 1.81. The maximum absolute atomic E-state index is 11.7. The van der Waals surface area contributed by atoms with Crippen LogP contribution in [0.25, 0.3) is 0 Å². The third-order valence-electron chi connectivity index (χ3n) is 3.68. The SMILES string of the molecule is CCS(=O)(=O)C1(CO)CC2(CC2)C1. The minimum absolute atomic E-state index is 0.156. The average molecular weight is 204 g/mol. The predicted octanol–water partition coefficient (Wildman–Crippen LogP) is 0.726. The molecular formula is C9H16O3S. The van der Waals surface area contributed by atoms with Crippen LogP contribution in [0.1, 0.15) is 32.6 Å². The second kappa shape index (κ2) is 2.48. The summed E-state index contributed by atoms with van der Waals surface area (Å²) in [6, 6.07) is 0. The third kappa shape index (κ3) is 1.15. The highest BCUT2D eigenvalue weighted by atomic mass is 32.2. The highest BCUT2D eigenvalue weighted by molar-refractivity contribution is 7.92. The molecule has 0 aliphatic heterocycles. The van der Waals surface area contributed by atoms with Gasteiger partial charge < -0.3 is 5.11 Å². The van der Waals surface area contributed by atoms with Crippen molar-refractivity contribution in [3.05, 3.63) is 0 Å². The van der Waals surface area contributed by atoms with Crippen LogP contribution in [0.3, 0.4) is 0 Å². The van der Waals surface area contributed by atoms with E-state index >= 15 is 0 Å². The van der Waals surface area contributed by atoms with Gasteiger partial charge >= 0.3 is 0 Å². The molecule has 0 aromatic heterocycles. The van der Waals surface area contributed by atoms with E-state index in [1.807, 2.05) is 0 Å². The molecular weight excluding hydrogens is 188 g/mol. The largest absolute Gasteiger partial charge is 0.395 e. The monoisotopic (exact) mass is 204 g/mol. The lowest BCUT2D eigenvalue weighted by molar-refractivity contribution is 0.114. The van der Waals surface area contributed by atoms with Crippen LogP contribution in [0.15, 0.2) is 0 Å². The van der Waals surface area contributed by atoms with E-state index in [1.165, 1.54) is 0 Å². The Morgan fingerprint density at radius 3 is 2.15 bits per heavy atom. The van der Waals surface area contributed by atoms with Gasteiger partial charge in [0, 0.05) is 5.75 Å². The Labute approximate surface area is 79.1 Å². The summed E-state index contributed by atoms with van der Waals surface area (Å²) in [7, 11) is -3.05. The molecule has 3 nitrogen and oxygen atoms in total. The molecule has 76 valence electrons. The zero-order valence-electron chi connectivity index (χ0n) is 7.91. The molecule has 0 unspecified atom stereocenters. The van der Waals surface area contributed by atoms with E-state index < -0.39 is 14.6 Å². The molecule has 13 heavy (non-hydrogen) atoms. The van der Waals surface area contributed by atoms with Crippen molar-refractivity contribution in [2.45, 2.75) is 37.4 Å². The Balaban J connectivity index is 2.19. The van der Waals surface area contributed by atoms with Crippen LogP contribution in [-0.2, 0) is 9.84 Å². The molecule has 2 aliphatic carbocycles. The first kappa shape index (κ1) is 9.46. The van der Waals surface area contributed by atoms with E-state index in [4.69, 9.17) is 0 Å². The van der Waals surface area contributed by atoms with E-state index in [0.717, 1.165) is 12.8 Å². The number of aliphatic hydroxyl groups is 1. The van der Waals surface area contributed by atoms with Crippen LogP contribution in [0.4, 0.5) is 0 Å². The van der Waals surface area contributed by atoms with Crippen molar-refractivity contribution >= 4 is 9.84 Å². The van der Waals surface area contributed by atoms with Gasteiger partial charge in [-0.15, -0.1) is 0 Å². The van der Waals surface area contributed by atoms with Crippen molar-refractivity contribution in [2.75, 3.05) is 12.4 Å². The summed E-state index contributed by atoms with van der Waals surface area (Å²) >= 11 is 0. The smallest absolute Gasteiger partial charge is 0.158 e. The first-order valence-electron chi connectivity index (χ1n) is 4.82. The number of sulfone groups is 1. The van der Waals surface area contributed by atoms with Crippen LogP contribution < -0.4 is 0 Å². The van der Waals surface area contributed by atoms with Gasteiger partial charge in [0.05, 0.1) is 11.4 Å². The molecule has 0 radical (unpaired) electrons. The molecule has 0 aromatic carbocycles. The summed E-state index contributed by atoms with van der Waals surface area (Å²) in [5, 5.41) is 9.18. The summed E-state index contributed by atoms with van der Waals surface area (Å²) in [4.78, 5) is 0. The molecule has 0 amide bonds. The summed E-state index contributed by atoms with van der Waals surface area (Å²) in [6.45, 7) is 1.47. The van der Waals surface area contributed by atoms with Crippen LogP contribution >= 0.6 is 0 Å². The number of hydrogen-bond donors (Lipinski definition) is 1. The first-order chi connectivity index (χ1) is 5.99. The third-order valence-corrected chi connectivity index (χ3v) is 6.18. The molecule has 0 bridgehead atoms. The minimum Gasteiger partial charge on any atom is -0.395 e. The van der Waals surface area contributed by atoms with Crippen LogP contribution in [0, 0.1) is 5.41 Å². The van der Waals surface area contributed by atoms with Gasteiger partial charge in [-0.3, -0.25) is 0 Å². The Hall–Kier alpha value is -0.0900. The zero-order valence-corrected chi connectivity index (χ0v) is 8.73. The van der Waals surface area contributed by atoms with Gasteiger partial charge in [0.15, 0.2) is 9.84 Å². The lowest BCUT2D eigenvalue weighted by atomic mass is 9.71. The fourth-order valence-corrected chi connectivity index (χ4v) is 4.44. The normalized spacial score (nSPS) is 28.5. The quantitative estimate of drug-likeness (QED) is 0.737. The molecule has 2 fully saturated rings. The zero-order chi connectivity index (χ0) is 9.74. The second-order valence-corrected chi connectivity index (χ2v) is 7.27. The standard InChI is InChI=1S/C9H16O3S/c1-2-13(11,12)9(7-10)5-8(6-9)3-4-8/h10H,2-7H2,1H3. The van der Waals surface area contributed by atoms with E-state index in [1.54, 1.807) is 6.92 Å². The summed E-state index contributed by atoms with van der Waals surface area (Å²) in [5.74, 6) is 0.156. The van der Waals surface area contributed by atoms with Crippen molar-refractivity contribution < 1.29 is 13.5 Å². The van der Waals surface area contributed by atoms with Crippen molar-refractivity contribution in [3.63, 3.8) is 0 Å². The number of aliphatic hydroxyl groups excluding tert-OH is 1. The maximum atomic E-state index is 11.7. The van der Waals surface area contributed by atoms with E-state index in [0.29, 0.717) is 18.3 Å². The van der Waals surface area contributed by atoms with Crippen molar-refractivity contribution in [2.24, 2.45) is 5.41 Å². The summed E-state index contributed by atoms with van der Waals surface area (Å²) in [5.41, 5.74) is 0.324. The molecule has 0 heterocycles. The van der Waals surface area contributed by atoms with Crippen LogP contribution in [0.2, 0.25) is 0 Å². The van der Waals surface area contributed by atoms with Crippen LogP contribution in [-0.4, -0.2) is 30.6 Å². The van der Waals surface area contributed by atoms with E-state index in [9.17, 15) is 13.5 Å². The second-order valence-electron chi connectivity index (χ2n) is 4.60.